The molecule has 188 valence electrons. The highest BCUT2D eigenvalue weighted by Gasteiger charge is 2.20. The van der Waals surface area contributed by atoms with Crippen molar-refractivity contribution in [3.63, 3.8) is 0 Å². The van der Waals surface area contributed by atoms with Crippen molar-refractivity contribution >= 4 is 23.2 Å². The molecule has 0 bridgehead atoms. The van der Waals surface area contributed by atoms with Gasteiger partial charge in [-0.05, 0) is 82.7 Å². The molecule has 0 amide bonds. The zero-order valence-electron chi connectivity index (χ0n) is 21.2. The number of halogens is 1. The minimum Gasteiger partial charge on any atom is -0.481 e. The number of aryl methyl sites for hydroxylation is 3. The lowest BCUT2D eigenvalue weighted by molar-refractivity contribution is -0.136. The number of fused-ring (bicyclic) bond motifs is 2. The quantitative estimate of drug-likeness (QED) is 0.339. The summed E-state index contributed by atoms with van der Waals surface area (Å²) >= 11 is 6.09. The summed E-state index contributed by atoms with van der Waals surface area (Å²) < 4.78 is 1.77. The molecule has 0 atom stereocenters. The summed E-state index contributed by atoms with van der Waals surface area (Å²) in [6, 6.07) is 15.9. The largest absolute Gasteiger partial charge is 0.481 e. The Hall–Kier alpha value is -3.22. The Morgan fingerprint density at radius 1 is 1.00 bits per heavy atom. The molecule has 2 aromatic carbocycles. The van der Waals surface area contributed by atoms with Crippen molar-refractivity contribution in [1.29, 1.82) is 0 Å². The van der Waals surface area contributed by atoms with Gasteiger partial charge < -0.3 is 10.2 Å². The number of aliphatic carboxylic acids is 1. The summed E-state index contributed by atoms with van der Waals surface area (Å²) in [6.07, 6.45) is 4.59. The van der Waals surface area contributed by atoms with Crippen molar-refractivity contribution in [2.24, 2.45) is 0 Å². The number of hydrogen-bond acceptors (Lipinski definition) is 4. The summed E-state index contributed by atoms with van der Waals surface area (Å²) in [5.41, 5.74) is 7.87. The van der Waals surface area contributed by atoms with E-state index in [9.17, 15) is 9.90 Å². The molecule has 2 aromatic heterocycles. The number of rotatable bonds is 4. The lowest BCUT2D eigenvalue weighted by atomic mass is 9.90. The molecular weight excluding hydrogens is 474 g/mol. The summed E-state index contributed by atoms with van der Waals surface area (Å²) in [7, 11) is 0. The molecule has 2 N–H and O–H groups in total. The number of aliphatic hydroxyl groups is 1. The van der Waals surface area contributed by atoms with Crippen molar-refractivity contribution < 1.29 is 15.0 Å². The van der Waals surface area contributed by atoms with Gasteiger partial charge in [-0.15, -0.1) is 0 Å². The lowest BCUT2D eigenvalue weighted by Crippen LogP contribution is -2.10. The molecule has 0 unspecified atom stereocenters. The molecule has 0 saturated carbocycles. The van der Waals surface area contributed by atoms with Crippen LogP contribution in [0.5, 0.6) is 0 Å². The Labute approximate surface area is 216 Å². The van der Waals surface area contributed by atoms with E-state index in [1.54, 1.807) is 37.4 Å². The smallest absolute Gasteiger partial charge is 0.307 e. The maximum absolute atomic E-state index is 11.6. The monoisotopic (exact) mass is 505 g/mol. The minimum atomic E-state index is -0.901. The van der Waals surface area contributed by atoms with Crippen LogP contribution in [-0.4, -0.2) is 36.4 Å². The summed E-state index contributed by atoms with van der Waals surface area (Å²) in [4.78, 5) is 16.3. The fourth-order valence-electron chi connectivity index (χ4n) is 4.45. The average Bonchev–Trinajstić information content (AvgIpc) is 3.22. The second-order valence-electron chi connectivity index (χ2n) is 10.3. The van der Waals surface area contributed by atoms with E-state index in [0.29, 0.717) is 21.9 Å². The van der Waals surface area contributed by atoms with Gasteiger partial charge in [0.05, 0.1) is 23.4 Å². The normalized spacial score (nSPS) is 13.2. The number of aromatic nitrogens is 3. The first-order valence-electron chi connectivity index (χ1n) is 12.2. The zero-order chi connectivity index (χ0) is 26.0. The van der Waals surface area contributed by atoms with E-state index >= 15 is 0 Å². The van der Waals surface area contributed by atoms with Gasteiger partial charge in [0.1, 0.15) is 0 Å². The molecule has 1 aliphatic carbocycles. The fourth-order valence-corrected chi connectivity index (χ4v) is 4.58. The van der Waals surface area contributed by atoms with E-state index in [4.69, 9.17) is 21.8 Å². The molecule has 0 fully saturated rings. The second kappa shape index (κ2) is 10.4. The van der Waals surface area contributed by atoms with Gasteiger partial charge in [-0.3, -0.25) is 4.79 Å². The summed E-state index contributed by atoms with van der Waals surface area (Å²) in [5, 5.41) is 23.5. The van der Waals surface area contributed by atoms with Crippen molar-refractivity contribution in [3.8, 4) is 22.5 Å². The highest BCUT2D eigenvalue weighted by Crippen LogP contribution is 2.32. The molecule has 0 spiro atoms. The van der Waals surface area contributed by atoms with Crippen LogP contribution in [-0.2, 0) is 24.1 Å². The van der Waals surface area contributed by atoms with Crippen LogP contribution in [0, 0.1) is 6.92 Å². The van der Waals surface area contributed by atoms with Gasteiger partial charge in [0.25, 0.3) is 0 Å². The van der Waals surface area contributed by atoms with Crippen molar-refractivity contribution in [3.05, 3.63) is 75.9 Å². The number of nitrogens with zero attached hydrogens (tertiary/aromatic N) is 3. The van der Waals surface area contributed by atoms with E-state index < -0.39 is 11.6 Å². The first-order valence-corrected chi connectivity index (χ1v) is 12.6. The highest BCUT2D eigenvalue weighted by atomic mass is 35.5. The van der Waals surface area contributed by atoms with Gasteiger partial charge >= 0.3 is 5.97 Å². The molecule has 36 heavy (non-hydrogen) atoms. The van der Waals surface area contributed by atoms with Gasteiger partial charge in [-0.25, -0.2) is 9.50 Å². The van der Waals surface area contributed by atoms with Crippen LogP contribution in [0.3, 0.4) is 0 Å². The molecule has 0 aliphatic heterocycles. The number of carbonyl (C=O) groups is 1. The van der Waals surface area contributed by atoms with E-state index in [-0.39, 0.29) is 6.42 Å². The van der Waals surface area contributed by atoms with Crippen molar-refractivity contribution in [2.45, 2.75) is 65.4 Å². The molecule has 0 saturated heterocycles. The van der Waals surface area contributed by atoms with Crippen molar-refractivity contribution in [1.82, 2.24) is 14.6 Å². The molecule has 4 aromatic rings. The van der Waals surface area contributed by atoms with Crippen molar-refractivity contribution in [2.75, 3.05) is 0 Å². The maximum atomic E-state index is 11.6. The van der Waals surface area contributed by atoms with Crippen LogP contribution >= 0.6 is 11.6 Å². The average molecular weight is 506 g/mol. The molecule has 6 nitrogen and oxygen atoms in total. The van der Waals surface area contributed by atoms with Gasteiger partial charge in [-0.2, -0.15) is 5.10 Å². The van der Waals surface area contributed by atoms with E-state index in [2.05, 4.69) is 23.2 Å². The Morgan fingerprint density at radius 2 is 1.61 bits per heavy atom. The third-order valence-electron chi connectivity index (χ3n) is 6.00. The molecule has 0 radical (unpaired) electrons. The van der Waals surface area contributed by atoms with Crippen LogP contribution in [0.4, 0.5) is 0 Å². The molecule has 7 heteroatoms. The van der Waals surface area contributed by atoms with E-state index in [1.807, 2.05) is 25.1 Å². The first kappa shape index (κ1) is 25.9. The molecule has 2 heterocycles. The minimum absolute atomic E-state index is 0.124. The van der Waals surface area contributed by atoms with E-state index in [1.165, 1.54) is 24.0 Å². The first-order chi connectivity index (χ1) is 17.0. The fraction of sp³-hybridized carbons (Fsp3) is 0.345. The number of hydrogen-bond donors (Lipinski definition) is 2. The van der Waals surface area contributed by atoms with Crippen LogP contribution in [0.25, 0.3) is 28.2 Å². The summed E-state index contributed by atoms with van der Waals surface area (Å²) in [5.74, 6) is -0.901. The summed E-state index contributed by atoms with van der Waals surface area (Å²) in [6.45, 7) is 7.08. The predicted octanol–water partition coefficient (Wildman–Crippen LogP) is 6.31. The highest BCUT2D eigenvalue weighted by molar-refractivity contribution is 6.30. The Bertz CT molecular complexity index is 1400. The molecular formula is C29H32ClN3O3. The second-order valence-corrected chi connectivity index (χ2v) is 10.7. The van der Waals surface area contributed by atoms with Crippen LogP contribution in [0.1, 0.15) is 56.0 Å². The van der Waals surface area contributed by atoms with E-state index in [0.717, 1.165) is 35.4 Å². The number of carboxylic acids is 1. The maximum Gasteiger partial charge on any atom is 0.307 e. The molecule has 1 aliphatic rings. The third kappa shape index (κ3) is 6.12. The van der Waals surface area contributed by atoms with Crippen LogP contribution < -0.4 is 0 Å². The van der Waals surface area contributed by atoms with Crippen LogP contribution in [0.15, 0.2) is 48.5 Å². The topological polar surface area (TPSA) is 87.7 Å². The van der Waals surface area contributed by atoms with Crippen LogP contribution in [0.2, 0.25) is 5.02 Å². The Kier molecular flexibility index (Phi) is 7.48. The predicted molar refractivity (Wildman–Crippen MR) is 144 cm³/mol. The van der Waals surface area contributed by atoms with Gasteiger partial charge in [0.15, 0.2) is 5.65 Å². The third-order valence-corrected chi connectivity index (χ3v) is 6.25. The lowest BCUT2D eigenvalue weighted by Gasteiger charge is -2.16. The SMILES string of the molecule is CC(C)(C)O.Cc1nc2cc(-c3ccc4c(c3)CCCC4)nn2c(-c2ccc(Cl)cc2)c1CC(=O)O. The van der Waals surface area contributed by atoms with Gasteiger partial charge in [0.2, 0.25) is 0 Å². The molecule has 5 rings (SSSR count). The standard InChI is InChI=1S/C25H22ClN3O2.C4H10O/c1-15-21(13-24(30)31)25(17-8-10-20(26)11-9-17)29-23(27-15)14-22(28-29)19-7-6-16-4-2-3-5-18(16)12-19;1-4(2,3)5/h6-12,14H,2-5,13H2,1H3,(H,30,31);5H,1-3H3. The Morgan fingerprint density at radius 3 is 2.25 bits per heavy atom. The number of carboxylic acid groups (broad SMARTS) is 1. The van der Waals surface area contributed by atoms with Gasteiger partial charge in [-0.1, -0.05) is 35.9 Å². The Balaban J connectivity index is 0.000000556. The number of benzene rings is 2. The van der Waals surface area contributed by atoms with Gasteiger partial charge in [0, 0.05) is 33.5 Å². The zero-order valence-corrected chi connectivity index (χ0v) is 21.9.